The van der Waals surface area contributed by atoms with Crippen molar-refractivity contribution >= 4 is 45.1 Å². The molecule has 156 valence electrons. The largest absolute Gasteiger partial charge is 0.495 e. The molecule has 2 aromatic carbocycles. The smallest absolute Gasteiger partial charge is 0.338 e. The van der Waals surface area contributed by atoms with Gasteiger partial charge in [0.05, 0.1) is 44.7 Å². The average molecular weight is 489 g/mol. The highest BCUT2D eigenvalue weighted by molar-refractivity contribution is 9.10. The molecule has 0 saturated heterocycles. The number of hydrogen-bond donors (Lipinski definition) is 1. The van der Waals surface area contributed by atoms with Gasteiger partial charge in [-0.25, -0.2) is 4.79 Å². The number of carbonyl (C=O) groups is 2. The lowest BCUT2D eigenvalue weighted by atomic mass is 10.2. The molecule has 2 aromatic rings. The van der Waals surface area contributed by atoms with Crippen molar-refractivity contribution < 1.29 is 33.3 Å². The fraction of sp³-hybridized carbons (Fsp3) is 0.263. The molecule has 0 radical (unpaired) electrons. The first-order valence-corrected chi connectivity index (χ1v) is 9.31. The Morgan fingerprint density at radius 2 is 1.45 bits per heavy atom. The Labute approximate surface area is 181 Å². The van der Waals surface area contributed by atoms with Crippen LogP contribution in [0.3, 0.4) is 0 Å². The maximum absolute atomic E-state index is 12.3. The number of ether oxygens (including phenoxy) is 5. The molecule has 0 heterocycles. The minimum absolute atomic E-state index is 0.167. The van der Waals surface area contributed by atoms with E-state index in [0.29, 0.717) is 38.2 Å². The zero-order valence-electron chi connectivity index (χ0n) is 16.1. The molecule has 1 N–H and O–H groups in total. The zero-order chi connectivity index (χ0) is 21.6. The molecule has 0 aliphatic rings. The lowest BCUT2D eigenvalue weighted by Crippen LogP contribution is -2.21. The standard InChI is InChI=1S/C19H19BrClNO7/c1-25-13-8-12(14(26-2)7-11(13)21)22-17(23)9-29-19(24)10-5-15(27-3)18(20)16(6-10)28-4/h5-8H,9H2,1-4H3,(H,22,23). The highest BCUT2D eigenvalue weighted by atomic mass is 79.9. The van der Waals surface area contributed by atoms with E-state index in [1.54, 1.807) is 0 Å². The van der Waals surface area contributed by atoms with Crippen molar-refractivity contribution in [3.8, 4) is 23.0 Å². The van der Waals surface area contributed by atoms with Crippen LogP contribution >= 0.6 is 27.5 Å². The van der Waals surface area contributed by atoms with Crippen molar-refractivity contribution in [3.05, 3.63) is 39.3 Å². The summed E-state index contributed by atoms with van der Waals surface area (Å²) in [5.41, 5.74) is 0.488. The number of benzene rings is 2. The first-order valence-electron chi connectivity index (χ1n) is 8.14. The Morgan fingerprint density at radius 1 is 0.897 bits per heavy atom. The number of nitrogens with one attached hydrogen (secondary N) is 1. The summed E-state index contributed by atoms with van der Waals surface area (Å²) in [5, 5.41) is 2.91. The molecule has 0 spiro atoms. The fourth-order valence-corrected chi connectivity index (χ4v) is 3.13. The Bertz CT molecular complexity index is 895. The van der Waals surface area contributed by atoms with Gasteiger partial charge >= 0.3 is 5.97 Å². The normalized spacial score (nSPS) is 10.1. The van der Waals surface area contributed by atoms with E-state index in [9.17, 15) is 9.59 Å². The first kappa shape index (κ1) is 22.6. The van der Waals surface area contributed by atoms with Gasteiger partial charge in [-0.15, -0.1) is 0 Å². The van der Waals surface area contributed by atoms with Crippen LogP contribution in [0.1, 0.15) is 10.4 Å². The van der Waals surface area contributed by atoms with Crippen LogP contribution < -0.4 is 24.3 Å². The third-order valence-electron chi connectivity index (χ3n) is 3.76. The van der Waals surface area contributed by atoms with Gasteiger partial charge in [0, 0.05) is 12.1 Å². The number of esters is 1. The second kappa shape index (κ2) is 10.2. The molecule has 0 bridgehead atoms. The van der Waals surface area contributed by atoms with Gasteiger partial charge in [0.2, 0.25) is 0 Å². The van der Waals surface area contributed by atoms with Crippen LogP contribution in [0.5, 0.6) is 23.0 Å². The second-order valence-corrected chi connectivity index (χ2v) is 6.71. The lowest BCUT2D eigenvalue weighted by molar-refractivity contribution is -0.119. The maximum Gasteiger partial charge on any atom is 0.338 e. The van der Waals surface area contributed by atoms with Crippen LogP contribution in [0.2, 0.25) is 5.02 Å². The number of hydrogen-bond acceptors (Lipinski definition) is 7. The van der Waals surface area contributed by atoms with Crippen LogP contribution in [0, 0.1) is 0 Å². The minimum Gasteiger partial charge on any atom is -0.495 e. The number of carbonyl (C=O) groups excluding carboxylic acids is 2. The van der Waals surface area contributed by atoms with E-state index < -0.39 is 18.5 Å². The highest BCUT2D eigenvalue weighted by Gasteiger charge is 2.18. The van der Waals surface area contributed by atoms with Crippen LogP contribution in [0.15, 0.2) is 28.7 Å². The average Bonchev–Trinajstić information content (AvgIpc) is 2.72. The molecular formula is C19H19BrClNO7. The van der Waals surface area contributed by atoms with Gasteiger partial charge in [-0.2, -0.15) is 0 Å². The van der Waals surface area contributed by atoms with E-state index in [-0.39, 0.29) is 5.56 Å². The molecule has 0 fully saturated rings. The number of amides is 1. The van der Waals surface area contributed by atoms with Crippen molar-refractivity contribution in [3.63, 3.8) is 0 Å². The molecule has 1 amide bonds. The molecule has 0 aliphatic carbocycles. The number of methoxy groups -OCH3 is 4. The minimum atomic E-state index is -0.718. The summed E-state index contributed by atoms with van der Waals surface area (Å²) in [5.74, 6) is 0.172. The molecule has 29 heavy (non-hydrogen) atoms. The van der Waals surface area contributed by atoms with Gasteiger partial charge in [-0.05, 0) is 28.1 Å². The Kier molecular flexibility index (Phi) is 7.98. The highest BCUT2D eigenvalue weighted by Crippen LogP contribution is 2.37. The second-order valence-electron chi connectivity index (χ2n) is 5.51. The van der Waals surface area contributed by atoms with E-state index in [2.05, 4.69) is 21.2 Å². The molecule has 10 heteroatoms. The summed E-state index contributed by atoms with van der Waals surface area (Å²) in [7, 11) is 5.79. The van der Waals surface area contributed by atoms with E-state index in [0.717, 1.165) is 0 Å². The van der Waals surface area contributed by atoms with Gasteiger partial charge in [-0.3, -0.25) is 4.79 Å². The molecule has 0 atom stereocenters. The first-order chi connectivity index (χ1) is 13.8. The summed E-state index contributed by atoms with van der Waals surface area (Å²) in [6, 6.07) is 5.95. The van der Waals surface area contributed by atoms with Crippen molar-refractivity contribution in [2.75, 3.05) is 40.4 Å². The third kappa shape index (κ3) is 5.45. The van der Waals surface area contributed by atoms with Crippen molar-refractivity contribution in [2.45, 2.75) is 0 Å². The topological polar surface area (TPSA) is 92.3 Å². The number of rotatable bonds is 8. The van der Waals surface area contributed by atoms with E-state index in [4.69, 9.17) is 35.3 Å². The summed E-state index contributed by atoms with van der Waals surface area (Å²) in [4.78, 5) is 24.6. The maximum atomic E-state index is 12.3. The van der Waals surface area contributed by atoms with Gasteiger partial charge in [0.25, 0.3) is 5.91 Å². The van der Waals surface area contributed by atoms with Crippen LogP contribution in [0.4, 0.5) is 5.69 Å². The predicted molar refractivity (Wildman–Crippen MR) is 111 cm³/mol. The van der Waals surface area contributed by atoms with Crippen LogP contribution in [-0.2, 0) is 9.53 Å². The summed E-state index contributed by atoms with van der Waals surface area (Å²) >= 11 is 9.35. The summed E-state index contributed by atoms with van der Waals surface area (Å²) in [6.45, 7) is -0.520. The SMILES string of the molecule is COc1cc(NC(=O)COC(=O)c2cc(OC)c(Br)c(OC)c2)c(OC)cc1Cl. The Balaban J connectivity index is 2.09. The van der Waals surface area contributed by atoms with Crippen molar-refractivity contribution in [1.82, 2.24) is 0 Å². The quantitative estimate of drug-likeness (QED) is 0.563. The van der Waals surface area contributed by atoms with Crippen molar-refractivity contribution in [1.29, 1.82) is 0 Å². The molecule has 2 rings (SSSR count). The van der Waals surface area contributed by atoms with Gasteiger partial charge in [-0.1, -0.05) is 11.6 Å². The summed E-state index contributed by atoms with van der Waals surface area (Å²) in [6.07, 6.45) is 0. The van der Waals surface area contributed by atoms with Gasteiger partial charge in [0.1, 0.15) is 27.5 Å². The third-order valence-corrected chi connectivity index (χ3v) is 4.84. The van der Waals surface area contributed by atoms with E-state index >= 15 is 0 Å². The fourth-order valence-electron chi connectivity index (χ4n) is 2.35. The molecule has 0 saturated carbocycles. The molecule has 8 nitrogen and oxygen atoms in total. The molecule has 0 aromatic heterocycles. The number of halogens is 2. The van der Waals surface area contributed by atoms with E-state index in [1.165, 1.54) is 52.7 Å². The summed E-state index contributed by atoms with van der Waals surface area (Å²) < 4.78 is 26.3. The van der Waals surface area contributed by atoms with Crippen molar-refractivity contribution in [2.24, 2.45) is 0 Å². The number of anilines is 1. The van der Waals surface area contributed by atoms with Gasteiger partial charge < -0.3 is 29.0 Å². The van der Waals surface area contributed by atoms with Crippen LogP contribution in [-0.4, -0.2) is 46.9 Å². The van der Waals surface area contributed by atoms with Gasteiger partial charge in [0.15, 0.2) is 6.61 Å². The molecular weight excluding hydrogens is 470 g/mol. The predicted octanol–water partition coefficient (Wildman–Crippen LogP) is 3.93. The Morgan fingerprint density at radius 3 is 1.97 bits per heavy atom. The Hall–Kier alpha value is -2.65. The zero-order valence-corrected chi connectivity index (χ0v) is 18.5. The molecule has 0 aliphatic heterocycles. The monoisotopic (exact) mass is 487 g/mol. The van der Waals surface area contributed by atoms with E-state index in [1.807, 2.05) is 0 Å². The lowest BCUT2D eigenvalue weighted by Gasteiger charge is -2.14. The van der Waals surface area contributed by atoms with Crippen LogP contribution in [0.25, 0.3) is 0 Å². The molecule has 0 unspecified atom stereocenters.